The molecule has 0 N–H and O–H groups in total. The molecule has 0 unspecified atom stereocenters. The van der Waals surface area contributed by atoms with Crippen LogP contribution in [0.4, 0.5) is 0 Å². The van der Waals surface area contributed by atoms with Crippen LogP contribution in [-0.4, -0.2) is 25.2 Å². The van der Waals surface area contributed by atoms with Crippen molar-refractivity contribution in [3.63, 3.8) is 0 Å². The highest BCUT2D eigenvalue weighted by Gasteiger charge is 2.12. The summed E-state index contributed by atoms with van der Waals surface area (Å²) in [5, 5.41) is 0. The third kappa shape index (κ3) is 11.1. The van der Waals surface area contributed by atoms with Crippen LogP contribution in [-0.2, 0) is 9.47 Å². The van der Waals surface area contributed by atoms with E-state index in [4.69, 9.17) is 9.47 Å². The first kappa shape index (κ1) is 24.2. The summed E-state index contributed by atoms with van der Waals surface area (Å²) in [5.41, 5.74) is 0.790. The van der Waals surface area contributed by atoms with Gasteiger partial charge in [-0.15, -0.1) is 0 Å². The average molecular weight is 391 g/mol. The lowest BCUT2D eigenvalue weighted by atomic mass is 10.0. The van der Waals surface area contributed by atoms with E-state index >= 15 is 0 Å². The Balaban J connectivity index is 2.28. The highest BCUT2D eigenvalue weighted by atomic mass is 16.5. The molecule has 0 saturated carbocycles. The lowest BCUT2D eigenvalue weighted by Gasteiger charge is -2.08. The standard InChI is InChI=1S/C24H38O4/c1-19(2)12-8-6-5-7-9-16-27-23(25)21-14-10-15-22(18-21)24(26)28-17-11-13-20(3)4/h10,14-15,18-20H,5-9,11-13,16-17H2,1-4H3. The summed E-state index contributed by atoms with van der Waals surface area (Å²) in [6.07, 6.45) is 8.82. The Hall–Kier alpha value is -1.84. The predicted octanol–water partition coefficient (Wildman–Crippen LogP) is 6.43. The van der Waals surface area contributed by atoms with Crippen molar-refractivity contribution < 1.29 is 19.1 Å². The van der Waals surface area contributed by atoms with Crippen molar-refractivity contribution in [2.45, 2.75) is 79.1 Å². The summed E-state index contributed by atoms with van der Waals surface area (Å²) in [5.74, 6) is 0.597. The fourth-order valence-electron chi connectivity index (χ4n) is 2.95. The van der Waals surface area contributed by atoms with Gasteiger partial charge in [0, 0.05) is 0 Å². The molecular formula is C24H38O4. The minimum Gasteiger partial charge on any atom is -0.462 e. The van der Waals surface area contributed by atoms with Gasteiger partial charge in [0.15, 0.2) is 0 Å². The molecule has 0 spiro atoms. The van der Waals surface area contributed by atoms with Crippen molar-refractivity contribution in [1.29, 1.82) is 0 Å². The molecule has 1 rings (SSSR count). The smallest absolute Gasteiger partial charge is 0.338 e. The molecule has 0 saturated heterocycles. The molecule has 4 heteroatoms. The second kappa shape index (κ2) is 14.2. The molecule has 1 aromatic carbocycles. The van der Waals surface area contributed by atoms with Gasteiger partial charge in [-0.05, 0) is 49.3 Å². The fourth-order valence-corrected chi connectivity index (χ4v) is 2.95. The van der Waals surface area contributed by atoms with E-state index in [0.29, 0.717) is 30.3 Å². The van der Waals surface area contributed by atoms with E-state index in [-0.39, 0.29) is 11.9 Å². The molecule has 0 amide bonds. The zero-order valence-electron chi connectivity index (χ0n) is 18.2. The van der Waals surface area contributed by atoms with Gasteiger partial charge in [-0.25, -0.2) is 9.59 Å². The van der Waals surface area contributed by atoms with Crippen molar-refractivity contribution in [3.8, 4) is 0 Å². The molecule has 158 valence electrons. The van der Waals surface area contributed by atoms with E-state index in [2.05, 4.69) is 27.7 Å². The molecular weight excluding hydrogens is 352 g/mol. The van der Waals surface area contributed by atoms with Gasteiger partial charge in [-0.2, -0.15) is 0 Å². The molecule has 0 bridgehead atoms. The first-order chi connectivity index (χ1) is 13.4. The summed E-state index contributed by atoms with van der Waals surface area (Å²) in [4.78, 5) is 24.3. The van der Waals surface area contributed by atoms with Gasteiger partial charge in [0.2, 0.25) is 0 Å². The van der Waals surface area contributed by atoms with Gasteiger partial charge in [-0.1, -0.05) is 65.9 Å². The third-order valence-corrected chi connectivity index (χ3v) is 4.65. The van der Waals surface area contributed by atoms with E-state index in [1.807, 2.05) is 0 Å². The van der Waals surface area contributed by atoms with Crippen LogP contribution in [0.3, 0.4) is 0 Å². The van der Waals surface area contributed by atoms with Crippen molar-refractivity contribution in [2.75, 3.05) is 13.2 Å². The Morgan fingerprint density at radius 1 is 0.714 bits per heavy atom. The minimum atomic E-state index is -0.389. The number of unbranched alkanes of at least 4 members (excludes halogenated alkanes) is 4. The molecule has 1 aromatic rings. The van der Waals surface area contributed by atoms with Crippen LogP contribution in [0.1, 0.15) is 99.8 Å². The number of carbonyl (C=O) groups is 2. The zero-order valence-corrected chi connectivity index (χ0v) is 18.2. The Labute approximate surface area is 171 Å². The van der Waals surface area contributed by atoms with Gasteiger partial charge in [0.1, 0.15) is 0 Å². The number of benzene rings is 1. The maximum absolute atomic E-state index is 12.2. The van der Waals surface area contributed by atoms with Gasteiger partial charge in [-0.3, -0.25) is 0 Å². The maximum atomic E-state index is 12.2. The lowest BCUT2D eigenvalue weighted by Crippen LogP contribution is -2.10. The molecule has 0 heterocycles. The number of esters is 2. The van der Waals surface area contributed by atoms with Crippen LogP contribution < -0.4 is 0 Å². The highest BCUT2D eigenvalue weighted by molar-refractivity contribution is 5.95. The topological polar surface area (TPSA) is 52.6 Å². The summed E-state index contributed by atoms with van der Waals surface area (Å²) in [7, 11) is 0. The van der Waals surface area contributed by atoms with Crippen molar-refractivity contribution in [3.05, 3.63) is 35.4 Å². The monoisotopic (exact) mass is 390 g/mol. The predicted molar refractivity (Wildman–Crippen MR) is 114 cm³/mol. The summed E-state index contributed by atoms with van der Waals surface area (Å²) < 4.78 is 10.6. The van der Waals surface area contributed by atoms with Crippen LogP contribution >= 0.6 is 0 Å². The molecule has 0 aliphatic carbocycles. The van der Waals surface area contributed by atoms with E-state index in [0.717, 1.165) is 31.6 Å². The number of hydrogen-bond acceptors (Lipinski definition) is 4. The van der Waals surface area contributed by atoms with Gasteiger partial charge in [0.25, 0.3) is 0 Å². The van der Waals surface area contributed by atoms with Crippen molar-refractivity contribution in [1.82, 2.24) is 0 Å². The van der Waals surface area contributed by atoms with Crippen LogP contribution in [0.5, 0.6) is 0 Å². The molecule has 0 aromatic heterocycles. The quantitative estimate of drug-likeness (QED) is 0.271. The molecule has 0 atom stereocenters. The third-order valence-electron chi connectivity index (χ3n) is 4.65. The van der Waals surface area contributed by atoms with Crippen molar-refractivity contribution >= 4 is 11.9 Å². The van der Waals surface area contributed by atoms with Gasteiger partial charge >= 0.3 is 11.9 Å². The summed E-state index contributed by atoms with van der Waals surface area (Å²) >= 11 is 0. The van der Waals surface area contributed by atoms with Crippen LogP contribution in [0.15, 0.2) is 24.3 Å². The lowest BCUT2D eigenvalue weighted by molar-refractivity contribution is 0.0494. The fraction of sp³-hybridized carbons (Fsp3) is 0.667. The molecule has 0 aliphatic rings. The molecule has 0 radical (unpaired) electrons. The normalized spacial score (nSPS) is 11.1. The van der Waals surface area contributed by atoms with E-state index < -0.39 is 0 Å². The minimum absolute atomic E-state index is 0.380. The second-order valence-electron chi connectivity index (χ2n) is 8.34. The van der Waals surface area contributed by atoms with Crippen molar-refractivity contribution in [2.24, 2.45) is 11.8 Å². The molecule has 28 heavy (non-hydrogen) atoms. The summed E-state index contributed by atoms with van der Waals surface area (Å²) in [6, 6.07) is 6.58. The van der Waals surface area contributed by atoms with E-state index in [1.54, 1.807) is 24.3 Å². The number of ether oxygens (including phenoxy) is 2. The van der Waals surface area contributed by atoms with Gasteiger partial charge in [0.05, 0.1) is 24.3 Å². The highest BCUT2D eigenvalue weighted by Crippen LogP contribution is 2.12. The Kier molecular flexibility index (Phi) is 12.3. The first-order valence-corrected chi connectivity index (χ1v) is 10.8. The zero-order chi connectivity index (χ0) is 20.8. The van der Waals surface area contributed by atoms with E-state index in [9.17, 15) is 9.59 Å². The summed E-state index contributed by atoms with van der Waals surface area (Å²) in [6.45, 7) is 9.62. The van der Waals surface area contributed by atoms with Crippen LogP contribution in [0, 0.1) is 11.8 Å². The SMILES string of the molecule is CC(C)CCCCCCCOC(=O)c1cccc(C(=O)OCCCC(C)C)c1. The first-order valence-electron chi connectivity index (χ1n) is 10.8. The molecule has 0 fully saturated rings. The largest absolute Gasteiger partial charge is 0.462 e. The Morgan fingerprint density at radius 2 is 1.18 bits per heavy atom. The maximum Gasteiger partial charge on any atom is 0.338 e. The number of carbonyl (C=O) groups excluding carboxylic acids is 2. The van der Waals surface area contributed by atoms with Crippen LogP contribution in [0.25, 0.3) is 0 Å². The molecule has 4 nitrogen and oxygen atoms in total. The number of hydrogen-bond donors (Lipinski definition) is 0. The Morgan fingerprint density at radius 3 is 1.75 bits per heavy atom. The molecule has 0 aliphatic heterocycles. The van der Waals surface area contributed by atoms with Crippen LogP contribution in [0.2, 0.25) is 0 Å². The number of rotatable bonds is 14. The van der Waals surface area contributed by atoms with Gasteiger partial charge < -0.3 is 9.47 Å². The van der Waals surface area contributed by atoms with E-state index in [1.165, 1.54) is 25.7 Å². The second-order valence-corrected chi connectivity index (χ2v) is 8.34. The average Bonchev–Trinajstić information content (AvgIpc) is 2.66. The Bertz CT molecular complexity index is 578.